The standard InChI is InChI=1S/C25H33N3O4/c1-18(29)27-11-6-8-19-7-5-9-20(13-19)21-14-23(16-26-15-21)31-17-22-10-12-28(22)24(30)32-25(2,3)4/h5,7,9,13-16,22H,6,8,10-12,17H2,1-4H3,(H,27,29)/t22-/m0/s1. The minimum atomic E-state index is -0.505. The highest BCUT2D eigenvalue weighted by atomic mass is 16.6. The van der Waals surface area contributed by atoms with Crippen LogP contribution in [0.4, 0.5) is 4.79 Å². The molecule has 0 saturated carbocycles. The number of nitrogens with one attached hydrogen (secondary N) is 1. The maximum absolute atomic E-state index is 12.3. The molecule has 1 N–H and O–H groups in total. The summed E-state index contributed by atoms with van der Waals surface area (Å²) in [6.07, 6.45) is 5.89. The Labute approximate surface area is 190 Å². The Hall–Kier alpha value is -3.09. The first kappa shape index (κ1) is 23.6. The number of rotatable bonds is 8. The van der Waals surface area contributed by atoms with Crippen molar-refractivity contribution in [2.24, 2.45) is 0 Å². The topological polar surface area (TPSA) is 80.8 Å². The van der Waals surface area contributed by atoms with Gasteiger partial charge in [-0.05, 0) is 57.2 Å². The Morgan fingerprint density at radius 3 is 2.69 bits per heavy atom. The van der Waals surface area contributed by atoms with Crippen LogP contribution in [-0.2, 0) is 16.0 Å². The zero-order valence-corrected chi connectivity index (χ0v) is 19.4. The van der Waals surface area contributed by atoms with E-state index in [1.54, 1.807) is 11.1 Å². The van der Waals surface area contributed by atoms with Gasteiger partial charge in [-0.15, -0.1) is 0 Å². The van der Waals surface area contributed by atoms with Crippen molar-refractivity contribution in [2.45, 2.75) is 58.6 Å². The molecule has 7 nitrogen and oxygen atoms in total. The normalized spacial score (nSPS) is 15.6. The predicted octanol–water partition coefficient (Wildman–Crippen LogP) is 4.21. The number of benzene rings is 1. The fraction of sp³-hybridized carbons (Fsp3) is 0.480. The van der Waals surface area contributed by atoms with E-state index in [-0.39, 0.29) is 18.0 Å². The zero-order chi connectivity index (χ0) is 23.1. The summed E-state index contributed by atoms with van der Waals surface area (Å²) in [5, 5.41) is 2.83. The largest absolute Gasteiger partial charge is 0.490 e. The van der Waals surface area contributed by atoms with Gasteiger partial charge in [0.1, 0.15) is 18.0 Å². The Balaban J connectivity index is 1.56. The molecule has 1 atom stereocenters. The first-order valence-corrected chi connectivity index (χ1v) is 11.1. The summed E-state index contributed by atoms with van der Waals surface area (Å²) in [4.78, 5) is 29.3. The van der Waals surface area contributed by atoms with Crippen LogP contribution >= 0.6 is 0 Å². The van der Waals surface area contributed by atoms with E-state index in [1.807, 2.05) is 45.2 Å². The molecule has 7 heteroatoms. The van der Waals surface area contributed by atoms with Crippen LogP contribution in [0.25, 0.3) is 11.1 Å². The monoisotopic (exact) mass is 439 g/mol. The number of ether oxygens (including phenoxy) is 2. The number of carbonyl (C=O) groups is 2. The van der Waals surface area contributed by atoms with Crippen LogP contribution in [-0.4, -0.2) is 53.2 Å². The molecule has 2 heterocycles. The van der Waals surface area contributed by atoms with Crippen LogP contribution < -0.4 is 10.1 Å². The third kappa shape index (κ3) is 6.97. The molecule has 0 radical (unpaired) electrons. The second-order valence-corrected chi connectivity index (χ2v) is 9.12. The zero-order valence-electron chi connectivity index (χ0n) is 19.4. The number of carbonyl (C=O) groups excluding carboxylic acids is 2. The summed E-state index contributed by atoms with van der Waals surface area (Å²) in [6.45, 7) is 8.90. The molecule has 2 amide bonds. The predicted molar refractivity (Wildman–Crippen MR) is 124 cm³/mol. The van der Waals surface area contributed by atoms with Crippen molar-refractivity contribution in [3.63, 3.8) is 0 Å². The number of pyridine rings is 1. The van der Waals surface area contributed by atoms with Gasteiger partial charge in [-0.2, -0.15) is 0 Å². The van der Waals surface area contributed by atoms with E-state index in [0.717, 1.165) is 30.4 Å². The number of aromatic nitrogens is 1. The van der Waals surface area contributed by atoms with E-state index in [2.05, 4.69) is 22.4 Å². The number of aryl methyl sites for hydroxylation is 1. The van der Waals surface area contributed by atoms with E-state index < -0.39 is 5.60 Å². The highest BCUT2D eigenvalue weighted by molar-refractivity contribution is 5.72. The molecule has 1 aromatic heterocycles. The average molecular weight is 440 g/mol. The molecule has 1 fully saturated rings. The molecule has 0 bridgehead atoms. The molecular formula is C25H33N3O4. The smallest absolute Gasteiger partial charge is 0.410 e. The Kier molecular flexibility index (Phi) is 7.72. The Bertz CT molecular complexity index is 939. The van der Waals surface area contributed by atoms with Gasteiger partial charge < -0.3 is 19.7 Å². The van der Waals surface area contributed by atoms with Crippen LogP contribution in [0.15, 0.2) is 42.7 Å². The lowest BCUT2D eigenvalue weighted by atomic mass is 10.0. The van der Waals surface area contributed by atoms with Crippen molar-refractivity contribution in [1.82, 2.24) is 15.2 Å². The van der Waals surface area contributed by atoms with E-state index >= 15 is 0 Å². The summed E-state index contributed by atoms with van der Waals surface area (Å²) < 4.78 is 11.4. The van der Waals surface area contributed by atoms with Gasteiger partial charge in [-0.3, -0.25) is 9.78 Å². The van der Waals surface area contributed by atoms with Gasteiger partial charge in [0.05, 0.1) is 12.2 Å². The number of hydrogen-bond acceptors (Lipinski definition) is 5. The number of hydrogen-bond donors (Lipinski definition) is 1. The van der Waals surface area contributed by atoms with Crippen molar-refractivity contribution in [1.29, 1.82) is 0 Å². The molecule has 172 valence electrons. The van der Waals surface area contributed by atoms with E-state index in [9.17, 15) is 9.59 Å². The molecule has 0 spiro atoms. The van der Waals surface area contributed by atoms with Crippen LogP contribution in [0.2, 0.25) is 0 Å². The molecule has 0 unspecified atom stereocenters. The molecule has 0 aliphatic carbocycles. The highest BCUT2D eigenvalue weighted by Crippen LogP contribution is 2.26. The fourth-order valence-corrected chi connectivity index (χ4v) is 3.49. The lowest BCUT2D eigenvalue weighted by Gasteiger charge is -2.40. The van der Waals surface area contributed by atoms with Crippen molar-refractivity contribution >= 4 is 12.0 Å². The van der Waals surface area contributed by atoms with Crippen LogP contribution in [0.3, 0.4) is 0 Å². The van der Waals surface area contributed by atoms with Crippen molar-refractivity contribution in [2.75, 3.05) is 19.7 Å². The van der Waals surface area contributed by atoms with Crippen molar-refractivity contribution in [3.05, 3.63) is 48.3 Å². The van der Waals surface area contributed by atoms with Crippen molar-refractivity contribution in [3.8, 4) is 16.9 Å². The van der Waals surface area contributed by atoms with Gasteiger partial charge in [-0.1, -0.05) is 24.3 Å². The van der Waals surface area contributed by atoms with E-state index in [0.29, 0.717) is 25.4 Å². The van der Waals surface area contributed by atoms with Gasteiger partial charge in [0.2, 0.25) is 5.91 Å². The Morgan fingerprint density at radius 2 is 2.00 bits per heavy atom. The minimum absolute atomic E-state index is 0.00208. The van der Waals surface area contributed by atoms with Gasteiger partial charge in [-0.25, -0.2) is 4.79 Å². The maximum Gasteiger partial charge on any atom is 0.410 e. The lowest BCUT2D eigenvalue weighted by Crippen LogP contribution is -2.55. The first-order valence-electron chi connectivity index (χ1n) is 11.1. The summed E-state index contributed by atoms with van der Waals surface area (Å²) in [5.41, 5.74) is 2.75. The van der Waals surface area contributed by atoms with Crippen LogP contribution in [0.5, 0.6) is 5.75 Å². The molecular weight excluding hydrogens is 406 g/mol. The number of amides is 2. The average Bonchev–Trinajstić information content (AvgIpc) is 2.69. The third-order valence-corrected chi connectivity index (χ3v) is 5.20. The quantitative estimate of drug-likeness (QED) is 0.624. The lowest BCUT2D eigenvalue weighted by molar-refractivity contribution is -0.118. The number of nitrogens with zero attached hydrogens (tertiary/aromatic N) is 2. The summed E-state index contributed by atoms with van der Waals surface area (Å²) >= 11 is 0. The second-order valence-electron chi connectivity index (χ2n) is 9.12. The second kappa shape index (κ2) is 10.5. The summed E-state index contributed by atoms with van der Waals surface area (Å²) in [7, 11) is 0. The van der Waals surface area contributed by atoms with Crippen LogP contribution in [0.1, 0.15) is 46.1 Å². The summed E-state index contributed by atoms with van der Waals surface area (Å²) in [5.74, 6) is 0.673. The minimum Gasteiger partial charge on any atom is -0.490 e. The highest BCUT2D eigenvalue weighted by Gasteiger charge is 2.35. The molecule has 1 aliphatic rings. The molecule has 1 aromatic carbocycles. The molecule has 3 rings (SSSR count). The van der Waals surface area contributed by atoms with Gasteiger partial charge in [0.15, 0.2) is 0 Å². The first-order chi connectivity index (χ1) is 15.2. The molecule has 1 aliphatic heterocycles. The van der Waals surface area contributed by atoms with E-state index in [4.69, 9.17) is 9.47 Å². The van der Waals surface area contributed by atoms with E-state index in [1.165, 1.54) is 12.5 Å². The summed E-state index contributed by atoms with van der Waals surface area (Å²) in [6, 6.07) is 10.3. The fourth-order valence-electron chi connectivity index (χ4n) is 3.49. The van der Waals surface area contributed by atoms with Crippen molar-refractivity contribution < 1.29 is 19.1 Å². The SMILES string of the molecule is CC(=O)NCCCc1cccc(-c2cncc(OC[C@@H]3CCN3C(=O)OC(C)(C)C)c2)c1. The Morgan fingerprint density at radius 1 is 1.19 bits per heavy atom. The van der Waals surface area contributed by atoms with Gasteiger partial charge in [0.25, 0.3) is 0 Å². The molecule has 32 heavy (non-hydrogen) atoms. The molecule has 1 saturated heterocycles. The van der Waals surface area contributed by atoms with Crippen LogP contribution in [0, 0.1) is 0 Å². The van der Waals surface area contributed by atoms with Gasteiger partial charge >= 0.3 is 6.09 Å². The maximum atomic E-state index is 12.3. The van der Waals surface area contributed by atoms with Gasteiger partial charge in [0, 0.05) is 31.8 Å². The third-order valence-electron chi connectivity index (χ3n) is 5.20. The number of likely N-dealkylation sites (tertiary alicyclic amines) is 1. The molecule has 2 aromatic rings.